The lowest BCUT2D eigenvalue weighted by molar-refractivity contribution is -0.384. The second kappa shape index (κ2) is 5.50. The number of hydrogen-bond acceptors (Lipinski definition) is 5. The van der Waals surface area contributed by atoms with E-state index in [2.05, 4.69) is 15.3 Å². The molecule has 0 radical (unpaired) electrons. The normalized spacial score (nSPS) is 17.8. The molecule has 0 saturated carbocycles. The highest BCUT2D eigenvalue weighted by Gasteiger charge is 2.32. The highest BCUT2D eigenvalue weighted by molar-refractivity contribution is 6.18. The van der Waals surface area contributed by atoms with Gasteiger partial charge in [-0.3, -0.25) is 10.1 Å². The average molecular weight is 311 g/mol. The van der Waals surface area contributed by atoms with E-state index >= 15 is 0 Å². The van der Waals surface area contributed by atoms with Crippen molar-refractivity contribution < 1.29 is 9.66 Å². The van der Waals surface area contributed by atoms with E-state index in [1.807, 2.05) is 0 Å². The van der Waals surface area contributed by atoms with E-state index in [9.17, 15) is 10.1 Å². The fraction of sp³-hybridized carbons (Fsp3) is 0.462. The fourth-order valence-corrected chi connectivity index (χ4v) is 2.81. The largest absolute Gasteiger partial charge is 0.381 e. The molecule has 1 aliphatic heterocycles. The van der Waals surface area contributed by atoms with Gasteiger partial charge in [-0.05, 0) is 18.9 Å². The molecular weight excluding hydrogens is 296 g/mol. The lowest BCUT2D eigenvalue weighted by Crippen LogP contribution is -2.45. The summed E-state index contributed by atoms with van der Waals surface area (Å²) in [6.45, 7) is 1.32. The zero-order chi connectivity index (χ0) is 14.9. The molecule has 1 aliphatic rings. The Morgan fingerprint density at radius 2 is 2.24 bits per heavy atom. The van der Waals surface area contributed by atoms with E-state index in [1.165, 1.54) is 12.1 Å². The predicted octanol–water partition coefficient (Wildman–Crippen LogP) is 2.67. The van der Waals surface area contributed by atoms with Crippen molar-refractivity contribution in [2.24, 2.45) is 0 Å². The number of H-pyrrole nitrogens is 1. The molecule has 7 nitrogen and oxygen atoms in total. The number of fused-ring (bicyclic) bond motifs is 1. The van der Waals surface area contributed by atoms with Crippen LogP contribution in [0.15, 0.2) is 18.2 Å². The van der Waals surface area contributed by atoms with Crippen molar-refractivity contribution in [3.63, 3.8) is 0 Å². The Hall–Kier alpha value is -1.86. The molecule has 2 N–H and O–H groups in total. The molecule has 3 rings (SSSR count). The quantitative estimate of drug-likeness (QED) is 0.514. The van der Waals surface area contributed by atoms with Gasteiger partial charge >= 0.3 is 0 Å². The number of non-ortho nitro benzene ring substituents is 1. The molecule has 2 heterocycles. The van der Waals surface area contributed by atoms with Gasteiger partial charge in [0.05, 0.1) is 21.5 Å². The van der Waals surface area contributed by atoms with E-state index in [-0.39, 0.29) is 11.2 Å². The molecule has 0 unspecified atom stereocenters. The Bertz CT molecular complexity index is 666. The number of hydrogen-bond donors (Lipinski definition) is 2. The Morgan fingerprint density at radius 3 is 2.90 bits per heavy atom. The van der Waals surface area contributed by atoms with Gasteiger partial charge in [0, 0.05) is 31.2 Å². The number of nitrogens with zero attached hydrogens (tertiary/aromatic N) is 2. The number of aromatic nitrogens is 2. The molecule has 0 aliphatic carbocycles. The Balaban J connectivity index is 1.88. The molecule has 0 amide bonds. The van der Waals surface area contributed by atoms with Crippen LogP contribution in [0.1, 0.15) is 12.8 Å². The molecule has 1 fully saturated rings. The third-order valence-corrected chi connectivity index (χ3v) is 4.28. The molecule has 0 bridgehead atoms. The minimum atomic E-state index is -0.424. The number of halogens is 1. The van der Waals surface area contributed by atoms with Crippen molar-refractivity contribution in [1.29, 1.82) is 0 Å². The summed E-state index contributed by atoms with van der Waals surface area (Å²) < 4.78 is 5.36. The number of ether oxygens (including phenoxy) is 1. The van der Waals surface area contributed by atoms with Crippen LogP contribution in [0.2, 0.25) is 0 Å². The van der Waals surface area contributed by atoms with Gasteiger partial charge in [0.1, 0.15) is 0 Å². The van der Waals surface area contributed by atoms with Gasteiger partial charge < -0.3 is 15.0 Å². The van der Waals surface area contributed by atoms with E-state index < -0.39 is 4.92 Å². The number of nitrogens with one attached hydrogen (secondary N) is 2. The number of nitro benzene ring substituents is 1. The summed E-state index contributed by atoms with van der Waals surface area (Å²) in [5, 5.41) is 14.1. The van der Waals surface area contributed by atoms with Crippen molar-refractivity contribution in [2.75, 3.05) is 24.4 Å². The van der Waals surface area contributed by atoms with E-state index in [0.717, 1.165) is 12.8 Å². The molecule has 0 atom stereocenters. The molecule has 8 heteroatoms. The lowest BCUT2D eigenvalue weighted by atomic mass is 9.92. The average Bonchev–Trinajstić information content (AvgIpc) is 2.89. The fourth-order valence-electron chi connectivity index (χ4n) is 2.48. The first-order chi connectivity index (χ1) is 10.1. The number of alkyl halides is 1. The van der Waals surface area contributed by atoms with Crippen LogP contribution < -0.4 is 5.32 Å². The minimum Gasteiger partial charge on any atom is -0.381 e. The second-order valence-corrected chi connectivity index (χ2v) is 5.46. The molecule has 1 aromatic carbocycles. The maximum Gasteiger partial charge on any atom is 0.271 e. The van der Waals surface area contributed by atoms with Gasteiger partial charge in [0.15, 0.2) is 0 Å². The van der Waals surface area contributed by atoms with Crippen LogP contribution >= 0.6 is 11.6 Å². The van der Waals surface area contributed by atoms with E-state index in [1.54, 1.807) is 6.07 Å². The van der Waals surface area contributed by atoms with Gasteiger partial charge in [0.2, 0.25) is 5.95 Å². The maximum absolute atomic E-state index is 10.8. The molecule has 112 valence electrons. The van der Waals surface area contributed by atoms with Crippen LogP contribution in [0.5, 0.6) is 0 Å². The number of imidazole rings is 1. The van der Waals surface area contributed by atoms with Crippen molar-refractivity contribution >= 4 is 34.3 Å². The van der Waals surface area contributed by atoms with Gasteiger partial charge in [-0.25, -0.2) is 4.98 Å². The van der Waals surface area contributed by atoms with Gasteiger partial charge in [0.25, 0.3) is 5.69 Å². The number of anilines is 1. The summed E-state index contributed by atoms with van der Waals surface area (Å²) in [4.78, 5) is 17.8. The topological polar surface area (TPSA) is 93.1 Å². The van der Waals surface area contributed by atoms with E-state index in [0.29, 0.717) is 36.1 Å². The van der Waals surface area contributed by atoms with Crippen LogP contribution in [0, 0.1) is 10.1 Å². The first kappa shape index (κ1) is 14.1. The van der Waals surface area contributed by atoms with Crippen molar-refractivity contribution in [2.45, 2.75) is 18.4 Å². The van der Waals surface area contributed by atoms with Crippen molar-refractivity contribution in [1.82, 2.24) is 9.97 Å². The second-order valence-electron chi connectivity index (χ2n) is 5.20. The van der Waals surface area contributed by atoms with Crippen LogP contribution in [0.25, 0.3) is 11.0 Å². The smallest absolute Gasteiger partial charge is 0.271 e. The number of nitro groups is 1. The van der Waals surface area contributed by atoms with Crippen LogP contribution in [-0.4, -0.2) is 39.5 Å². The Labute approximate surface area is 125 Å². The van der Waals surface area contributed by atoms with Crippen LogP contribution in [-0.2, 0) is 4.74 Å². The lowest BCUT2D eigenvalue weighted by Gasteiger charge is -2.36. The summed E-state index contributed by atoms with van der Waals surface area (Å²) in [6, 6.07) is 4.55. The summed E-state index contributed by atoms with van der Waals surface area (Å²) in [7, 11) is 0. The van der Waals surface area contributed by atoms with E-state index in [4.69, 9.17) is 16.3 Å². The first-order valence-corrected chi connectivity index (χ1v) is 7.21. The molecule has 2 aromatic rings. The summed E-state index contributed by atoms with van der Waals surface area (Å²) in [6.07, 6.45) is 1.60. The molecule has 21 heavy (non-hydrogen) atoms. The third kappa shape index (κ3) is 2.79. The number of aromatic amines is 1. The summed E-state index contributed by atoms with van der Waals surface area (Å²) in [5.74, 6) is 1.03. The standard InChI is InChI=1S/C13H15ClN4O3/c14-8-13(3-5-21-6-4-13)17-12-15-10-2-1-9(18(19)20)7-11(10)16-12/h1-2,7H,3-6,8H2,(H2,15,16,17). The molecule has 1 saturated heterocycles. The summed E-state index contributed by atoms with van der Waals surface area (Å²) in [5.41, 5.74) is 1.10. The zero-order valence-corrected chi connectivity index (χ0v) is 12.0. The zero-order valence-electron chi connectivity index (χ0n) is 11.3. The third-order valence-electron chi connectivity index (χ3n) is 3.77. The Morgan fingerprint density at radius 1 is 1.48 bits per heavy atom. The molecular formula is C13H15ClN4O3. The maximum atomic E-state index is 10.8. The first-order valence-electron chi connectivity index (χ1n) is 6.68. The molecule has 0 spiro atoms. The highest BCUT2D eigenvalue weighted by Crippen LogP contribution is 2.28. The summed E-state index contributed by atoms with van der Waals surface area (Å²) >= 11 is 6.10. The minimum absolute atomic E-state index is 0.0378. The SMILES string of the molecule is O=[N+]([O-])c1ccc2nc(NC3(CCl)CCOCC3)[nH]c2c1. The van der Waals surface area contributed by atoms with Gasteiger partial charge in [-0.1, -0.05) is 0 Å². The number of rotatable bonds is 4. The number of benzene rings is 1. The van der Waals surface area contributed by atoms with Crippen molar-refractivity contribution in [3.8, 4) is 0 Å². The van der Waals surface area contributed by atoms with Gasteiger partial charge in [-0.2, -0.15) is 0 Å². The van der Waals surface area contributed by atoms with Crippen LogP contribution in [0.3, 0.4) is 0 Å². The molecule has 1 aromatic heterocycles. The Kier molecular flexibility index (Phi) is 3.69. The van der Waals surface area contributed by atoms with Crippen LogP contribution in [0.4, 0.5) is 11.6 Å². The monoisotopic (exact) mass is 310 g/mol. The highest BCUT2D eigenvalue weighted by atomic mass is 35.5. The van der Waals surface area contributed by atoms with Gasteiger partial charge in [-0.15, -0.1) is 11.6 Å². The van der Waals surface area contributed by atoms with Crippen molar-refractivity contribution in [3.05, 3.63) is 28.3 Å². The predicted molar refractivity (Wildman–Crippen MR) is 79.9 cm³/mol.